The van der Waals surface area contributed by atoms with Gasteiger partial charge in [0.05, 0.1) is 18.1 Å². The van der Waals surface area contributed by atoms with Crippen molar-refractivity contribution in [3.8, 4) is 0 Å². The molecule has 1 saturated carbocycles. The van der Waals surface area contributed by atoms with Crippen LogP contribution >= 0.6 is 11.6 Å². The third-order valence-electron chi connectivity index (χ3n) is 7.55. The number of carbonyl (C=O) groups is 1. The Labute approximate surface area is 225 Å². The van der Waals surface area contributed by atoms with E-state index in [-0.39, 0.29) is 41.4 Å². The van der Waals surface area contributed by atoms with E-state index in [0.29, 0.717) is 36.6 Å². The van der Waals surface area contributed by atoms with Gasteiger partial charge in [-0.1, -0.05) is 29.8 Å². The quantitative estimate of drug-likeness (QED) is 0.297. The Morgan fingerprint density at radius 1 is 0.947 bits per heavy atom. The minimum absolute atomic E-state index is 0.00625. The normalized spacial score (nSPS) is 22.4. The fraction of sp³-hybridized carbons (Fsp3) is 0.345. The molecule has 0 N–H and O–H groups in total. The number of hydrogen-bond acceptors (Lipinski definition) is 5. The maximum Gasteiger partial charge on any atom is 0.188 e. The van der Waals surface area contributed by atoms with Crippen LogP contribution in [-0.2, 0) is 24.1 Å². The van der Waals surface area contributed by atoms with Gasteiger partial charge in [0.15, 0.2) is 21.9 Å². The van der Waals surface area contributed by atoms with Crippen molar-refractivity contribution in [2.45, 2.75) is 48.0 Å². The van der Waals surface area contributed by atoms with Crippen LogP contribution in [0, 0.1) is 17.6 Å². The van der Waals surface area contributed by atoms with E-state index in [1.807, 2.05) is 6.07 Å². The van der Waals surface area contributed by atoms with E-state index < -0.39 is 32.5 Å². The van der Waals surface area contributed by atoms with Crippen molar-refractivity contribution in [1.82, 2.24) is 0 Å². The fourth-order valence-corrected chi connectivity index (χ4v) is 7.80. The summed E-state index contributed by atoms with van der Waals surface area (Å²) in [5, 5.41) is 0.368. The Hall–Kier alpha value is -2.65. The molecule has 1 heterocycles. The highest BCUT2D eigenvalue weighted by Crippen LogP contribution is 2.50. The first kappa shape index (κ1) is 26.9. The fourth-order valence-electron chi connectivity index (χ4n) is 5.51. The molecule has 200 valence electrons. The molecule has 0 aromatic heterocycles. The second-order valence-electron chi connectivity index (χ2n) is 9.85. The van der Waals surface area contributed by atoms with Crippen LogP contribution in [0.2, 0.25) is 5.02 Å². The maximum atomic E-state index is 15.1. The minimum Gasteiger partial charge on any atom is -0.346 e. The number of hydrogen-bond donors (Lipinski definition) is 0. The molecule has 2 fully saturated rings. The SMILES string of the molecule is O=C(CC1CCC(c2cc(F)ccc2F)(S(=O)(=O)c2ccc(Cl)cc2)CC1)c1cccc(C2OCCO2)c1. The summed E-state index contributed by atoms with van der Waals surface area (Å²) in [6.45, 7) is 0.995. The lowest BCUT2D eigenvalue weighted by atomic mass is 9.75. The summed E-state index contributed by atoms with van der Waals surface area (Å²) < 4.78 is 66.7. The zero-order chi connectivity index (χ0) is 26.9. The molecule has 0 spiro atoms. The molecule has 3 aromatic rings. The van der Waals surface area contributed by atoms with Gasteiger partial charge in [-0.3, -0.25) is 4.79 Å². The molecule has 1 aliphatic heterocycles. The highest BCUT2D eigenvalue weighted by atomic mass is 35.5. The van der Waals surface area contributed by atoms with Gasteiger partial charge in [-0.25, -0.2) is 17.2 Å². The predicted octanol–water partition coefficient (Wildman–Crippen LogP) is 6.80. The van der Waals surface area contributed by atoms with Gasteiger partial charge in [0, 0.05) is 28.1 Å². The molecular formula is C29H27ClF2O5S. The van der Waals surface area contributed by atoms with Gasteiger partial charge in [0.1, 0.15) is 16.4 Å². The highest BCUT2D eigenvalue weighted by Gasteiger charge is 2.50. The molecule has 1 aliphatic carbocycles. The second-order valence-corrected chi connectivity index (χ2v) is 12.5. The lowest BCUT2D eigenvalue weighted by Gasteiger charge is -2.40. The van der Waals surface area contributed by atoms with E-state index >= 15 is 4.39 Å². The van der Waals surface area contributed by atoms with Crippen molar-refractivity contribution in [3.63, 3.8) is 0 Å². The van der Waals surface area contributed by atoms with E-state index in [0.717, 1.165) is 23.8 Å². The third-order valence-corrected chi connectivity index (χ3v) is 10.3. The van der Waals surface area contributed by atoms with Crippen molar-refractivity contribution < 1.29 is 31.5 Å². The summed E-state index contributed by atoms with van der Waals surface area (Å²) in [5.41, 5.74) is 1.12. The van der Waals surface area contributed by atoms with Crippen LogP contribution in [0.4, 0.5) is 8.78 Å². The van der Waals surface area contributed by atoms with Gasteiger partial charge in [-0.2, -0.15) is 0 Å². The van der Waals surface area contributed by atoms with Crippen molar-refractivity contribution >= 4 is 27.2 Å². The number of halogens is 3. The molecule has 9 heteroatoms. The van der Waals surface area contributed by atoms with E-state index in [9.17, 15) is 17.6 Å². The molecule has 0 radical (unpaired) electrons. The number of Topliss-reactive ketones (excluding diaryl/α,β-unsaturated/α-hetero) is 1. The largest absolute Gasteiger partial charge is 0.346 e. The zero-order valence-corrected chi connectivity index (χ0v) is 22.1. The van der Waals surface area contributed by atoms with Gasteiger partial charge >= 0.3 is 0 Å². The maximum absolute atomic E-state index is 15.1. The summed E-state index contributed by atoms with van der Waals surface area (Å²) in [7, 11) is -4.13. The van der Waals surface area contributed by atoms with Crippen LogP contribution in [0.25, 0.3) is 0 Å². The van der Waals surface area contributed by atoms with Gasteiger partial charge in [-0.15, -0.1) is 0 Å². The molecule has 0 unspecified atom stereocenters. The van der Waals surface area contributed by atoms with Crippen LogP contribution in [-0.4, -0.2) is 27.4 Å². The summed E-state index contributed by atoms with van der Waals surface area (Å²) in [5.74, 6) is -1.65. The standard InChI is InChI=1S/C29H27ClF2O5S/c30-22-4-7-24(8-5-22)38(34,35)29(25-18-23(31)6-9-26(25)32)12-10-19(11-13-29)16-27(33)20-2-1-3-21(17-20)28-36-14-15-37-28/h1-9,17-19,28H,10-16H2. The van der Waals surface area contributed by atoms with Crippen molar-refractivity contribution in [2.24, 2.45) is 5.92 Å². The van der Waals surface area contributed by atoms with E-state index in [2.05, 4.69) is 0 Å². The molecule has 5 rings (SSSR count). The van der Waals surface area contributed by atoms with E-state index in [1.54, 1.807) is 18.2 Å². The Kier molecular flexibility index (Phi) is 7.69. The van der Waals surface area contributed by atoms with Crippen LogP contribution in [0.1, 0.15) is 59.9 Å². The Balaban J connectivity index is 1.40. The van der Waals surface area contributed by atoms with Crippen LogP contribution in [0.15, 0.2) is 71.6 Å². The number of rotatable bonds is 7. The third kappa shape index (κ3) is 5.15. The Morgan fingerprint density at radius 3 is 2.32 bits per heavy atom. The van der Waals surface area contributed by atoms with Gasteiger partial charge in [-0.05, 0) is 80.1 Å². The molecular weight excluding hydrogens is 534 g/mol. The summed E-state index contributed by atoms with van der Waals surface area (Å²) >= 11 is 5.96. The second kappa shape index (κ2) is 10.8. The number of carbonyl (C=O) groups excluding carboxylic acids is 1. The van der Waals surface area contributed by atoms with Gasteiger partial charge < -0.3 is 9.47 Å². The average Bonchev–Trinajstić information content (AvgIpc) is 3.46. The molecule has 0 amide bonds. The molecule has 1 saturated heterocycles. The van der Waals surface area contributed by atoms with Gasteiger partial charge in [0.2, 0.25) is 0 Å². The molecule has 0 atom stereocenters. The van der Waals surface area contributed by atoms with Crippen LogP contribution < -0.4 is 0 Å². The molecule has 2 aliphatic rings. The lowest BCUT2D eigenvalue weighted by molar-refractivity contribution is -0.0441. The number of sulfone groups is 1. The first-order valence-corrected chi connectivity index (χ1v) is 14.4. The Bertz CT molecular complexity index is 1430. The zero-order valence-electron chi connectivity index (χ0n) is 20.5. The summed E-state index contributed by atoms with van der Waals surface area (Å²) in [4.78, 5) is 13.1. The van der Waals surface area contributed by atoms with Crippen LogP contribution in [0.5, 0.6) is 0 Å². The molecule has 38 heavy (non-hydrogen) atoms. The summed E-state index contributed by atoms with van der Waals surface area (Å²) in [6.07, 6.45) is 0.572. The number of ether oxygens (including phenoxy) is 2. The topological polar surface area (TPSA) is 69.7 Å². The first-order valence-electron chi connectivity index (χ1n) is 12.5. The molecule has 3 aromatic carbocycles. The van der Waals surface area contributed by atoms with Crippen molar-refractivity contribution in [3.05, 3.63) is 100 Å². The van der Waals surface area contributed by atoms with Crippen molar-refractivity contribution in [1.29, 1.82) is 0 Å². The smallest absolute Gasteiger partial charge is 0.188 e. The summed E-state index contributed by atoms with van der Waals surface area (Å²) in [6, 6.07) is 15.7. The monoisotopic (exact) mass is 560 g/mol. The first-order chi connectivity index (χ1) is 18.2. The van der Waals surface area contributed by atoms with E-state index in [1.165, 1.54) is 24.3 Å². The van der Waals surface area contributed by atoms with Gasteiger partial charge in [0.25, 0.3) is 0 Å². The van der Waals surface area contributed by atoms with E-state index in [4.69, 9.17) is 21.1 Å². The predicted molar refractivity (Wildman–Crippen MR) is 139 cm³/mol. The van der Waals surface area contributed by atoms with Crippen LogP contribution in [0.3, 0.4) is 0 Å². The number of benzene rings is 3. The van der Waals surface area contributed by atoms with Crippen molar-refractivity contribution in [2.75, 3.05) is 13.2 Å². The molecule has 0 bridgehead atoms. The highest BCUT2D eigenvalue weighted by molar-refractivity contribution is 7.92. The average molecular weight is 561 g/mol. The lowest BCUT2D eigenvalue weighted by Crippen LogP contribution is -2.41. The Morgan fingerprint density at radius 2 is 1.63 bits per heavy atom. The minimum atomic E-state index is -4.13. The molecule has 5 nitrogen and oxygen atoms in total. The number of ketones is 1.